The molecule has 0 bridgehead atoms. The molecule has 2 rings (SSSR count). The van der Waals surface area contributed by atoms with Crippen molar-refractivity contribution in [3.63, 3.8) is 0 Å². The van der Waals surface area contributed by atoms with Crippen molar-refractivity contribution in [2.75, 3.05) is 19.6 Å². The van der Waals surface area contributed by atoms with E-state index in [1.807, 2.05) is 11.8 Å². The Labute approximate surface area is 119 Å². The van der Waals surface area contributed by atoms with Gasteiger partial charge in [-0.15, -0.1) is 11.3 Å². The van der Waals surface area contributed by atoms with E-state index < -0.39 is 0 Å². The number of carbonyl (C=O) groups excluding carboxylic acids is 1. The molecule has 5 heteroatoms. The Kier molecular flexibility index (Phi) is 4.58. The Hall–Kier alpha value is -0.940. The van der Waals surface area contributed by atoms with E-state index in [1.165, 1.54) is 11.3 Å². The highest BCUT2D eigenvalue weighted by Crippen LogP contribution is 2.25. The van der Waals surface area contributed by atoms with Gasteiger partial charge in [0.2, 0.25) is 0 Å². The van der Waals surface area contributed by atoms with Gasteiger partial charge in [-0.25, -0.2) is 4.98 Å². The predicted molar refractivity (Wildman–Crippen MR) is 78.5 cm³/mol. The second kappa shape index (κ2) is 6.01. The number of carbonyl (C=O) groups is 1. The van der Waals surface area contributed by atoms with Crippen LogP contribution in [0.1, 0.15) is 40.6 Å². The first-order valence-corrected chi connectivity index (χ1v) is 7.78. The number of rotatable bonds is 4. The van der Waals surface area contributed by atoms with Crippen LogP contribution < -0.4 is 5.73 Å². The molecule has 106 valence electrons. The van der Waals surface area contributed by atoms with Crippen LogP contribution in [0, 0.1) is 18.8 Å². The molecule has 0 radical (unpaired) electrons. The molecule has 0 unspecified atom stereocenters. The molecule has 1 aliphatic heterocycles. The third kappa shape index (κ3) is 3.34. The van der Waals surface area contributed by atoms with Crippen LogP contribution in [0.15, 0.2) is 0 Å². The molecular formula is C14H23N3OS. The lowest BCUT2D eigenvalue weighted by Crippen LogP contribution is -2.30. The molecule has 0 spiro atoms. The van der Waals surface area contributed by atoms with Crippen molar-refractivity contribution in [1.82, 2.24) is 9.88 Å². The molecule has 1 atom stereocenters. The van der Waals surface area contributed by atoms with Crippen LogP contribution >= 0.6 is 11.3 Å². The van der Waals surface area contributed by atoms with Crippen molar-refractivity contribution in [2.45, 2.75) is 33.6 Å². The van der Waals surface area contributed by atoms with E-state index >= 15 is 0 Å². The van der Waals surface area contributed by atoms with Gasteiger partial charge in [-0.3, -0.25) is 4.79 Å². The second-order valence-corrected chi connectivity index (χ2v) is 6.95. The minimum Gasteiger partial charge on any atom is -0.338 e. The molecular weight excluding hydrogens is 258 g/mol. The Morgan fingerprint density at radius 1 is 1.58 bits per heavy atom. The fourth-order valence-electron chi connectivity index (χ4n) is 2.52. The Bertz CT molecular complexity index is 456. The summed E-state index contributed by atoms with van der Waals surface area (Å²) in [5.74, 6) is 1.13. The smallest absolute Gasteiger partial charge is 0.265 e. The van der Waals surface area contributed by atoms with Crippen LogP contribution in [0.3, 0.4) is 0 Å². The van der Waals surface area contributed by atoms with Gasteiger partial charge in [-0.05, 0) is 38.1 Å². The Balaban J connectivity index is 2.15. The van der Waals surface area contributed by atoms with Crippen LogP contribution in [0.25, 0.3) is 0 Å². The Morgan fingerprint density at radius 2 is 2.32 bits per heavy atom. The van der Waals surface area contributed by atoms with E-state index in [4.69, 9.17) is 5.73 Å². The third-order valence-corrected chi connectivity index (χ3v) is 4.51. The average molecular weight is 281 g/mol. The van der Waals surface area contributed by atoms with Crippen molar-refractivity contribution in [3.8, 4) is 0 Å². The first-order valence-electron chi connectivity index (χ1n) is 6.97. The van der Waals surface area contributed by atoms with Gasteiger partial charge in [0.15, 0.2) is 0 Å². The summed E-state index contributed by atoms with van der Waals surface area (Å²) in [5, 5.41) is 0.980. The standard InChI is InChI=1S/C14H23N3OS/c1-9(2)6-12-13(19-10(3)16-12)14(18)17-5-4-11(7-15)8-17/h9,11H,4-8,15H2,1-3H3/t11-/m0/s1. The van der Waals surface area contributed by atoms with Gasteiger partial charge in [0, 0.05) is 13.1 Å². The zero-order valence-electron chi connectivity index (χ0n) is 12.0. The number of hydrogen-bond donors (Lipinski definition) is 1. The summed E-state index contributed by atoms with van der Waals surface area (Å²) in [6, 6.07) is 0. The minimum absolute atomic E-state index is 0.150. The zero-order valence-corrected chi connectivity index (χ0v) is 12.8. The number of thiazole rings is 1. The topological polar surface area (TPSA) is 59.2 Å². The zero-order chi connectivity index (χ0) is 14.0. The molecule has 1 amide bonds. The van der Waals surface area contributed by atoms with E-state index in [2.05, 4.69) is 18.8 Å². The number of hydrogen-bond acceptors (Lipinski definition) is 4. The molecule has 2 heterocycles. The van der Waals surface area contributed by atoms with Crippen LogP contribution in [0.2, 0.25) is 0 Å². The van der Waals surface area contributed by atoms with Crippen LogP contribution in [0.4, 0.5) is 0 Å². The summed E-state index contributed by atoms with van der Waals surface area (Å²) in [4.78, 5) is 19.9. The van der Waals surface area contributed by atoms with E-state index in [0.717, 1.165) is 41.5 Å². The van der Waals surface area contributed by atoms with Crippen molar-refractivity contribution >= 4 is 17.2 Å². The van der Waals surface area contributed by atoms with Gasteiger partial charge in [0.25, 0.3) is 5.91 Å². The summed E-state index contributed by atoms with van der Waals surface area (Å²) in [7, 11) is 0. The summed E-state index contributed by atoms with van der Waals surface area (Å²) in [6.07, 6.45) is 1.90. The summed E-state index contributed by atoms with van der Waals surface area (Å²) >= 11 is 1.53. The monoisotopic (exact) mass is 281 g/mol. The maximum atomic E-state index is 12.6. The van der Waals surface area contributed by atoms with Crippen molar-refractivity contribution in [2.24, 2.45) is 17.6 Å². The maximum absolute atomic E-state index is 12.6. The highest BCUT2D eigenvalue weighted by Gasteiger charge is 2.29. The molecule has 0 saturated carbocycles. The largest absolute Gasteiger partial charge is 0.338 e. The van der Waals surface area contributed by atoms with Crippen molar-refractivity contribution in [1.29, 1.82) is 0 Å². The summed E-state index contributed by atoms with van der Waals surface area (Å²) in [6.45, 7) is 8.58. The molecule has 1 saturated heterocycles. The highest BCUT2D eigenvalue weighted by atomic mass is 32.1. The molecule has 1 aliphatic rings. The number of aromatic nitrogens is 1. The first kappa shape index (κ1) is 14.5. The van der Waals surface area contributed by atoms with Crippen LogP contribution in [-0.4, -0.2) is 35.4 Å². The molecule has 0 aliphatic carbocycles. The first-order chi connectivity index (χ1) is 9.01. The number of aryl methyl sites for hydroxylation is 1. The number of amides is 1. The minimum atomic E-state index is 0.150. The van der Waals surface area contributed by atoms with Gasteiger partial charge < -0.3 is 10.6 Å². The van der Waals surface area contributed by atoms with Crippen LogP contribution in [-0.2, 0) is 6.42 Å². The van der Waals surface area contributed by atoms with Gasteiger partial charge in [0.1, 0.15) is 4.88 Å². The predicted octanol–water partition coefficient (Wildman–Crippen LogP) is 2.07. The van der Waals surface area contributed by atoms with Crippen molar-refractivity contribution < 1.29 is 4.79 Å². The van der Waals surface area contributed by atoms with Crippen molar-refractivity contribution in [3.05, 3.63) is 15.6 Å². The molecule has 2 N–H and O–H groups in total. The molecule has 1 aromatic rings. The number of nitrogens with zero attached hydrogens (tertiary/aromatic N) is 2. The molecule has 19 heavy (non-hydrogen) atoms. The lowest BCUT2D eigenvalue weighted by Gasteiger charge is -2.16. The SMILES string of the molecule is Cc1nc(CC(C)C)c(C(=O)N2CC[C@@H](CN)C2)s1. The normalized spacial score (nSPS) is 19.4. The van der Waals surface area contributed by atoms with Gasteiger partial charge in [-0.1, -0.05) is 13.8 Å². The maximum Gasteiger partial charge on any atom is 0.265 e. The molecule has 4 nitrogen and oxygen atoms in total. The Morgan fingerprint density at radius 3 is 2.89 bits per heavy atom. The van der Waals surface area contributed by atoms with Gasteiger partial charge >= 0.3 is 0 Å². The molecule has 1 fully saturated rings. The molecule has 1 aromatic heterocycles. The summed E-state index contributed by atoms with van der Waals surface area (Å²) < 4.78 is 0. The summed E-state index contributed by atoms with van der Waals surface area (Å²) in [5.41, 5.74) is 6.66. The lowest BCUT2D eigenvalue weighted by atomic mass is 10.1. The highest BCUT2D eigenvalue weighted by molar-refractivity contribution is 7.13. The van der Waals surface area contributed by atoms with Gasteiger partial charge in [0.05, 0.1) is 10.7 Å². The van der Waals surface area contributed by atoms with E-state index in [-0.39, 0.29) is 5.91 Å². The second-order valence-electron chi connectivity index (χ2n) is 5.75. The van der Waals surface area contributed by atoms with E-state index in [9.17, 15) is 4.79 Å². The quantitative estimate of drug-likeness (QED) is 0.919. The fraction of sp³-hybridized carbons (Fsp3) is 0.714. The third-order valence-electron chi connectivity index (χ3n) is 3.51. The number of likely N-dealkylation sites (tertiary alicyclic amines) is 1. The van der Waals surface area contributed by atoms with Gasteiger partial charge in [-0.2, -0.15) is 0 Å². The average Bonchev–Trinajstić information content (AvgIpc) is 2.94. The van der Waals surface area contributed by atoms with E-state index in [1.54, 1.807) is 0 Å². The lowest BCUT2D eigenvalue weighted by molar-refractivity contribution is 0.0791. The fourth-order valence-corrected chi connectivity index (χ4v) is 3.43. The van der Waals surface area contributed by atoms with E-state index in [0.29, 0.717) is 18.4 Å². The van der Waals surface area contributed by atoms with Crippen LogP contribution in [0.5, 0.6) is 0 Å². The number of nitrogens with two attached hydrogens (primary N) is 1. The molecule has 0 aromatic carbocycles.